The Hall–Kier alpha value is -3.76. The van der Waals surface area contributed by atoms with Gasteiger partial charge in [0.05, 0.1) is 16.6 Å². The minimum absolute atomic E-state index is 0.144. The molecule has 0 aliphatic heterocycles. The Bertz CT molecular complexity index is 1560. The average molecular weight is 490 g/mol. The number of amides is 1. The minimum atomic E-state index is -0.306. The molecule has 0 saturated carbocycles. The van der Waals surface area contributed by atoms with Crippen LogP contribution in [0.1, 0.15) is 5.56 Å². The summed E-state index contributed by atoms with van der Waals surface area (Å²) in [5.41, 5.74) is 1.92. The fraction of sp³-hybridized carbons (Fsp3) is 0.125. The van der Waals surface area contributed by atoms with Crippen molar-refractivity contribution >= 4 is 44.9 Å². The fourth-order valence-corrected chi connectivity index (χ4v) is 5.07. The van der Waals surface area contributed by atoms with Gasteiger partial charge in [-0.3, -0.25) is 14.2 Å². The summed E-state index contributed by atoms with van der Waals surface area (Å²) in [4.78, 5) is 37.0. The first kappa shape index (κ1) is 22.1. The Balaban J connectivity index is 1.43. The number of benzene rings is 2. The van der Waals surface area contributed by atoms with E-state index < -0.39 is 0 Å². The van der Waals surface area contributed by atoms with Gasteiger partial charge in [0.2, 0.25) is 11.7 Å². The van der Waals surface area contributed by atoms with E-state index in [1.807, 2.05) is 67.8 Å². The predicted octanol–water partition coefficient (Wildman–Crippen LogP) is 4.84. The van der Waals surface area contributed by atoms with E-state index in [0.29, 0.717) is 38.1 Å². The summed E-state index contributed by atoms with van der Waals surface area (Å²) in [6.45, 7) is 1.68. The molecule has 2 aromatic carbocycles. The standard InChI is InChI=1S/C24H19N5O3S2/c1-14-19-23(34-20(14)22-27-21(28-32-22)15-7-4-3-5-8-15)25-13-29(24(19)31)12-18(30)26-16-9-6-10-17(11-16)33-2/h3-11,13H,12H2,1-2H3,(H,26,30). The lowest BCUT2D eigenvalue weighted by Crippen LogP contribution is -2.27. The van der Waals surface area contributed by atoms with Crippen molar-refractivity contribution < 1.29 is 9.32 Å². The van der Waals surface area contributed by atoms with E-state index in [1.165, 1.54) is 22.2 Å². The number of anilines is 1. The van der Waals surface area contributed by atoms with Crippen molar-refractivity contribution in [2.75, 3.05) is 11.6 Å². The Kier molecular flexibility index (Phi) is 5.99. The maximum Gasteiger partial charge on any atom is 0.268 e. The van der Waals surface area contributed by atoms with Crippen LogP contribution in [0, 0.1) is 6.92 Å². The maximum atomic E-state index is 13.2. The molecule has 5 aromatic rings. The fourth-order valence-electron chi connectivity index (χ4n) is 3.55. The summed E-state index contributed by atoms with van der Waals surface area (Å²) in [5, 5.41) is 7.35. The van der Waals surface area contributed by atoms with Crippen molar-refractivity contribution in [3.05, 3.63) is 76.8 Å². The van der Waals surface area contributed by atoms with Crippen LogP contribution < -0.4 is 10.9 Å². The smallest absolute Gasteiger partial charge is 0.268 e. The summed E-state index contributed by atoms with van der Waals surface area (Å²) in [5.74, 6) is 0.496. The highest BCUT2D eigenvalue weighted by Gasteiger charge is 2.21. The predicted molar refractivity (Wildman–Crippen MR) is 134 cm³/mol. The number of hydrogen-bond acceptors (Lipinski definition) is 8. The molecule has 0 spiro atoms. The summed E-state index contributed by atoms with van der Waals surface area (Å²) in [6.07, 6.45) is 3.36. The third kappa shape index (κ3) is 4.25. The lowest BCUT2D eigenvalue weighted by atomic mass is 10.2. The zero-order chi connectivity index (χ0) is 23.7. The lowest BCUT2D eigenvalue weighted by molar-refractivity contribution is -0.116. The summed E-state index contributed by atoms with van der Waals surface area (Å²) >= 11 is 2.90. The van der Waals surface area contributed by atoms with Crippen LogP contribution in [-0.4, -0.2) is 31.9 Å². The molecule has 170 valence electrons. The molecule has 0 bridgehead atoms. The average Bonchev–Trinajstić information content (AvgIpc) is 3.47. The lowest BCUT2D eigenvalue weighted by Gasteiger charge is -2.08. The van der Waals surface area contributed by atoms with Crippen molar-refractivity contribution in [2.45, 2.75) is 18.4 Å². The van der Waals surface area contributed by atoms with Crippen molar-refractivity contribution in [1.29, 1.82) is 0 Å². The number of carbonyl (C=O) groups is 1. The molecule has 10 heteroatoms. The summed E-state index contributed by atoms with van der Waals surface area (Å²) in [6, 6.07) is 17.0. The van der Waals surface area contributed by atoms with Crippen LogP contribution in [0.2, 0.25) is 0 Å². The molecule has 0 atom stereocenters. The molecular weight excluding hydrogens is 470 g/mol. The second-order valence-electron chi connectivity index (χ2n) is 7.48. The van der Waals surface area contributed by atoms with E-state index in [4.69, 9.17) is 4.52 Å². The molecule has 1 amide bonds. The van der Waals surface area contributed by atoms with Crippen LogP contribution in [-0.2, 0) is 11.3 Å². The third-order valence-electron chi connectivity index (χ3n) is 5.24. The molecule has 0 saturated heterocycles. The number of carbonyl (C=O) groups excluding carboxylic acids is 1. The number of nitrogens with one attached hydrogen (secondary N) is 1. The molecule has 1 N–H and O–H groups in total. The van der Waals surface area contributed by atoms with Crippen LogP contribution in [0.3, 0.4) is 0 Å². The van der Waals surface area contributed by atoms with Crippen molar-refractivity contribution in [3.8, 4) is 22.2 Å². The second kappa shape index (κ2) is 9.24. The first-order valence-corrected chi connectivity index (χ1v) is 12.4. The van der Waals surface area contributed by atoms with E-state index in [0.717, 1.165) is 10.5 Å². The highest BCUT2D eigenvalue weighted by atomic mass is 32.2. The number of rotatable bonds is 6. The molecule has 3 heterocycles. The SMILES string of the molecule is CSc1cccc(NC(=O)Cn2cnc3sc(-c4nc(-c5ccccc5)no4)c(C)c3c2=O)c1. The van der Waals surface area contributed by atoms with Crippen LogP contribution in [0.25, 0.3) is 32.4 Å². The molecular formula is C24H19N5O3S2. The molecule has 0 unspecified atom stereocenters. The Morgan fingerprint density at radius 3 is 2.79 bits per heavy atom. The molecule has 0 radical (unpaired) electrons. The largest absolute Gasteiger partial charge is 0.333 e. The van der Waals surface area contributed by atoms with Crippen LogP contribution in [0.15, 0.2) is 75.1 Å². The van der Waals surface area contributed by atoms with Crippen LogP contribution >= 0.6 is 23.1 Å². The van der Waals surface area contributed by atoms with Gasteiger partial charge in [0.15, 0.2) is 0 Å². The number of hydrogen-bond donors (Lipinski definition) is 1. The van der Waals surface area contributed by atoms with E-state index in [2.05, 4.69) is 20.4 Å². The van der Waals surface area contributed by atoms with Gasteiger partial charge in [-0.1, -0.05) is 41.6 Å². The van der Waals surface area contributed by atoms with Crippen molar-refractivity contribution in [1.82, 2.24) is 19.7 Å². The minimum Gasteiger partial charge on any atom is -0.333 e. The van der Waals surface area contributed by atoms with Crippen LogP contribution in [0.4, 0.5) is 5.69 Å². The first-order valence-electron chi connectivity index (χ1n) is 10.4. The van der Waals surface area contributed by atoms with Gasteiger partial charge in [0, 0.05) is 16.1 Å². The number of aromatic nitrogens is 4. The monoisotopic (exact) mass is 489 g/mol. The van der Waals surface area contributed by atoms with Gasteiger partial charge in [-0.25, -0.2) is 4.98 Å². The number of thioether (sulfide) groups is 1. The summed E-state index contributed by atoms with van der Waals surface area (Å²) < 4.78 is 6.79. The zero-order valence-corrected chi connectivity index (χ0v) is 19.9. The molecule has 34 heavy (non-hydrogen) atoms. The van der Waals surface area contributed by atoms with Crippen molar-refractivity contribution in [2.24, 2.45) is 0 Å². The van der Waals surface area contributed by atoms with E-state index in [1.54, 1.807) is 11.8 Å². The molecule has 5 rings (SSSR count). The van der Waals surface area contributed by atoms with Gasteiger partial charge in [-0.15, -0.1) is 23.1 Å². The highest BCUT2D eigenvalue weighted by molar-refractivity contribution is 7.98. The molecule has 3 aromatic heterocycles. The normalized spacial score (nSPS) is 11.1. The van der Waals surface area contributed by atoms with Gasteiger partial charge < -0.3 is 9.84 Å². The number of thiophene rings is 1. The number of nitrogens with zero attached hydrogens (tertiary/aromatic N) is 4. The Morgan fingerprint density at radius 1 is 1.18 bits per heavy atom. The van der Waals surface area contributed by atoms with Crippen molar-refractivity contribution in [3.63, 3.8) is 0 Å². The van der Waals surface area contributed by atoms with Gasteiger partial charge in [0.1, 0.15) is 11.4 Å². The zero-order valence-electron chi connectivity index (χ0n) is 18.3. The molecule has 0 aliphatic carbocycles. The van der Waals surface area contributed by atoms with Gasteiger partial charge in [-0.2, -0.15) is 4.98 Å². The van der Waals surface area contributed by atoms with Gasteiger partial charge >= 0.3 is 0 Å². The quantitative estimate of drug-likeness (QED) is 0.340. The second-order valence-corrected chi connectivity index (χ2v) is 9.36. The van der Waals surface area contributed by atoms with E-state index in [9.17, 15) is 9.59 Å². The maximum absolute atomic E-state index is 13.2. The number of fused-ring (bicyclic) bond motifs is 1. The van der Waals surface area contributed by atoms with E-state index in [-0.39, 0.29) is 18.0 Å². The Labute approximate surface area is 202 Å². The first-order chi connectivity index (χ1) is 16.5. The summed E-state index contributed by atoms with van der Waals surface area (Å²) in [7, 11) is 0. The highest BCUT2D eigenvalue weighted by Crippen LogP contribution is 2.35. The Morgan fingerprint density at radius 2 is 2.00 bits per heavy atom. The molecule has 0 aliphatic rings. The van der Waals surface area contributed by atoms with Gasteiger partial charge in [-0.05, 0) is 36.9 Å². The van der Waals surface area contributed by atoms with Crippen LogP contribution in [0.5, 0.6) is 0 Å². The van der Waals surface area contributed by atoms with E-state index >= 15 is 0 Å². The van der Waals surface area contributed by atoms with Gasteiger partial charge in [0.25, 0.3) is 11.4 Å². The molecule has 0 fully saturated rings. The molecule has 8 nitrogen and oxygen atoms in total. The topological polar surface area (TPSA) is 103 Å². The third-order valence-corrected chi connectivity index (χ3v) is 7.15. The number of aryl methyl sites for hydroxylation is 1.